The zero-order chi connectivity index (χ0) is 21.9. The minimum Gasteiger partial charge on any atom is -0.459 e. The topological polar surface area (TPSA) is 80.3 Å². The van der Waals surface area contributed by atoms with Crippen molar-refractivity contribution in [3.8, 4) is 0 Å². The molecule has 0 radical (unpaired) electrons. The Kier molecular flexibility index (Phi) is 5.83. The third kappa shape index (κ3) is 4.21. The Morgan fingerprint density at radius 3 is 2.56 bits per heavy atom. The summed E-state index contributed by atoms with van der Waals surface area (Å²) in [6, 6.07) is 17.9. The first-order chi connectivity index (χ1) is 15.7. The number of thiophene rings is 1. The van der Waals surface area contributed by atoms with Gasteiger partial charge in [-0.05, 0) is 47.2 Å². The number of amides is 1. The molecule has 0 aliphatic carbocycles. The highest BCUT2D eigenvalue weighted by molar-refractivity contribution is 7.12. The van der Waals surface area contributed by atoms with Crippen LogP contribution in [0.1, 0.15) is 37.7 Å². The van der Waals surface area contributed by atoms with Gasteiger partial charge in [-0.3, -0.25) is 9.69 Å². The molecule has 1 fully saturated rings. The second-order valence-electron chi connectivity index (χ2n) is 7.84. The predicted molar refractivity (Wildman–Crippen MR) is 120 cm³/mol. The average molecular weight is 449 g/mol. The van der Waals surface area contributed by atoms with Crippen molar-refractivity contribution in [3.63, 3.8) is 0 Å². The SMILES string of the molecule is Cc1ccc([C@H](c2nnnn2Cc2ccccc2)N2CCN(C(=O)c3ccco3)CC2)s1. The molecule has 0 bridgehead atoms. The fraction of sp³-hybridized carbons (Fsp3) is 0.304. The number of piperazine rings is 1. The van der Waals surface area contributed by atoms with Crippen LogP contribution in [0, 0.1) is 6.92 Å². The molecule has 1 amide bonds. The first kappa shape index (κ1) is 20.6. The number of nitrogens with zero attached hydrogens (tertiary/aromatic N) is 6. The maximum atomic E-state index is 12.7. The van der Waals surface area contributed by atoms with E-state index in [0.29, 0.717) is 25.4 Å². The molecule has 4 heterocycles. The fourth-order valence-electron chi connectivity index (χ4n) is 4.09. The molecule has 1 saturated heterocycles. The molecule has 4 aromatic rings. The highest BCUT2D eigenvalue weighted by Crippen LogP contribution is 2.33. The Morgan fingerprint density at radius 2 is 1.88 bits per heavy atom. The van der Waals surface area contributed by atoms with Gasteiger partial charge in [0.05, 0.1) is 12.8 Å². The summed E-state index contributed by atoms with van der Waals surface area (Å²) in [4.78, 5) is 19.3. The van der Waals surface area contributed by atoms with Crippen molar-refractivity contribution in [1.82, 2.24) is 30.0 Å². The van der Waals surface area contributed by atoms with Crippen molar-refractivity contribution in [2.75, 3.05) is 26.2 Å². The number of benzene rings is 1. The standard InChI is InChI=1S/C23H24N6O2S/c1-17-9-10-20(32-17)21(22-24-25-26-29(22)16-18-6-3-2-4-7-18)27-11-13-28(14-12-27)23(30)19-8-5-15-31-19/h2-10,15,21H,11-14,16H2,1H3/t21-/m1/s1. The van der Waals surface area contributed by atoms with E-state index in [9.17, 15) is 4.79 Å². The number of carbonyl (C=O) groups is 1. The van der Waals surface area contributed by atoms with Gasteiger partial charge in [-0.15, -0.1) is 16.4 Å². The van der Waals surface area contributed by atoms with Crippen molar-refractivity contribution in [2.45, 2.75) is 19.5 Å². The number of aryl methyl sites for hydroxylation is 1. The molecule has 164 valence electrons. The van der Waals surface area contributed by atoms with Crippen molar-refractivity contribution >= 4 is 17.2 Å². The third-order valence-electron chi connectivity index (χ3n) is 5.71. The van der Waals surface area contributed by atoms with Crippen LogP contribution in [0.4, 0.5) is 0 Å². The lowest BCUT2D eigenvalue weighted by Gasteiger charge is -2.38. The molecular formula is C23H24N6O2S. The zero-order valence-corrected chi connectivity index (χ0v) is 18.6. The molecule has 0 saturated carbocycles. The summed E-state index contributed by atoms with van der Waals surface area (Å²) in [5.74, 6) is 1.14. The highest BCUT2D eigenvalue weighted by atomic mass is 32.1. The molecule has 1 aliphatic rings. The monoisotopic (exact) mass is 448 g/mol. The number of hydrogen-bond donors (Lipinski definition) is 0. The molecule has 32 heavy (non-hydrogen) atoms. The van der Waals surface area contributed by atoms with Gasteiger partial charge < -0.3 is 9.32 Å². The molecule has 3 aromatic heterocycles. The zero-order valence-electron chi connectivity index (χ0n) is 17.8. The molecule has 1 aliphatic heterocycles. The second kappa shape index (κ2) is 9.05. The van der Waals surface area contributed by atoms with Crippen LogP contribution in [0.5, 0.6) is 0 Å². The first-order valence-electron chi connectivity index (χ1n) is 10.6. The average Bonchev–Trinajstić information content (AvgIpc) is 3.59. The normalized spacial score (nSPS) is 15.7. The van der Waals surface area contributed by atoms with E-state index in [-0.39, 0.29) is 11.9 Å². The predicted octanol–water partition coefficient (Wildman–Crippen LogP) is 3.23. The van der Waals surface area contributed by atoms with Crippen molar-refractivity contribution in [2.24, 2.45) is 0 Å². The van der Waals surface area contributed by atoms with Crippen LogP contribution < -0.4 is 0 Å². The Hall–Kier alpha value is -3.30. The van der Waals surface area contributed by atoms with E-state index in [1.165, 1.54) is 16.0 Å². The van der Waals surface area contributed by atoms with Gasteiger partial charge in [0.25, 0.3) is 5.91 Å². The number of hydrogen-bond acceptors (Lipinski definition) is 7. The lowest BCUT2D eigenvalue weighted by Crippen LogP contribution is -2.50. The van der Waals surface area contributed by atoms with E-state index in [2.05, 4.69) is 51.6 Å². The number of furan rings is 1. The maximum Gasteiger partial charge on any atom is 0.289 e. The summed E-state index contributed by atoms with van der Waals surface area (Å²) in [6.45, 7) is 5.43. The Labute approximate surface area is 190 Å². The van der Waals surface area contributed by atoms with Crippen molar-refractivity contribution in [1.29, 1.82) is 0 Å². The molecule has 0 N–H and O–H groups in total. The highest BCUT2D eigenvalue weighted by Gasteiger charge is 2.33. The Balaban J connectivity index is 1.39. The van der Waals surface area contributed by atoms with Gasteiger partial charge in [0.15, 0.2) is 11.6 Å². The molecule has 5 rings (SSSR count). The largest absolute Gasteiger partial charge is 0.459 e. The first-order valence-corrected chi connectivity index (χ1v) is 11.4. The van der Waals surface area contributed by atoms with Crippen LogP contribution in [0.15, 0.2) is 65.3 Å². The quantitative estimate of drug-likeness (QED) is 0.451. The van der Waals surface area contributed by atoms with Crippen LogP contribution in [-0.4, -0.2) is 62.1 Å². The minimum atomic E-state index is -0.0629. The lowest BCUT2D eigenvalue weighted by atomic mass is 10.1. The number of aromatic nitrogens is 4. The minimum absolute atomic E-state index is 0.0618. The summed E-state index contributed by atoms with van der Waals surface area (Å²) in [5, 5.41) is 12.7. The molecule has 1 atom stereocenters. The van der Waals surface area contributed by atoms with Gasteiger partial charge in [0.2, 0.25) is 0 Å². The summed E-state index contributed by atoms with van der Waals surface area (Å²) >= 11 is 1.76. The van der Waals surface area contributed by atoms with Gasteiger partial charge in [-0.2, -0.15) is 0 Å². The van der Waals surface area contributed by atoms with E-state index in [1.54, 1.807) is 23.5 Å². The van der Waals surface area contributed by atoms with Crippen LogP contribution in [-0.2, 0) is 6.54 Å². The van der Waals surface area contributed by atoms with Crippen LogP contribution >= 0.6 is 11.3 Å². The van der Waals surface area contributed by atoms with Crippen LogP contribution in [0.3, 0.4) is 0 Å². The number of carbonyl (C=O) groups excluding carboxylic acids is 1. The lowest BCUT2D eigenvalue weighted by molar-refractivity contribution is 0.0562. The molecule has 0 unspecified atom stereocenters. The van der Waals surface area contributed by atoms with Crippen LogP contribution in [0.25, 0.3) is 0 Å². The van der Waals surface area contributed by atoms with E-state index in [0.717, 1.165) is 24.5 Å². The Bertz CT molecular complexity index is 1160. The Morgan fingerprint density at radius 1 is 1.06 bits per heavy atom. The van der Waals surface area contributed by atoms with Gasteiger partial charge in [-0.25, -0.2) is 4.68 Å². The third-order valence-corrected chi connectivity index (χ3v) is 6.76. The summed E-state index contributed by atoms with van der Waals surface area (Å²) < 4.78 is 7.18. The smallest absolute Gasteiger partial charge is 0.289 e. The summed E-state index contributed by atoms with van der Waals surface area (Å²) in [6.07, 6.45) is 1.53. The summed E-state index contributed by atoms with van der Waals surface area (Å²) in [7, 11) is 0. The summed E-state index contributed by atoms with van der Waals surface area (Å²) in [5.41, 5.74) is 1.15. The molecular weight excluding hydrogens is 424 g/mol. The maximum absolute atomic E-state index is 12.7. The molecule has 0 spiro atoms. The van der Waals surface area contributed by atoms with Gasteiger partial charge in [0, 0.05) is 35.9 Å². The fourth-order valence-corrected chi connectivity index (χ4v) is 5.10. The van der Waals surface area contributed by atoms with Gasteiger partial charge in [-0.1, -0.05) is 30.3 Å². The molecule has 8 nitrogen and oxygen atoms in total. The van der Waals surface area contributed by atoms with E-state index >= 15 is 0 Å². The van der Waals surface area contributed by atoms with E-state index in [4.69, 9.17) is 4.42 Å². The van der Waals surface area contributed by atoms with Crippen LogP contribution in [0.2, 0.25) is 0 Å². The second-order valence-corrected chi connectivity index (χ2v) is 9.16. The number of tetrazole rings is 1. The van der Waals surface area contributed by atoms with Gasteiger partial charge in [0.1, 0.15) is 6.04 Å². The van der Waals surface area contributed by atoms with Gasteiger partial charge >= 0.3 is 0 Å². The molecule has 1 aromatic carbocycles. The van der Waals surface area contributed by atoms with Crippen molar-refractivity contribution in [3.05, 3.63) is 87.8 Å². The van der Waals surface area contributed by atoms with E-state index < -0.39 is 0 Å². The van der Waals surface area contributed by atoms with E-state index in [1.807, 2.05) is 27.8 Å². The molecule has 9 heteroatoms. The number of rotatable bonds is 6. The van der Waals surface area contributed by atoms with Crippen molar-refractivity contribution < 1.29 is 9.21 Å².